The van der Waals surface area contributed by atoms with Gasteiger partial charge in [-0.15, -0.1) is 0 Å². The third-order valence-corrected chi connectivity index (χ3v) is 12.4. The van der Waals surface area contributed by atoms with Gasteiger partial charge in [-0.1, -0.05) is 158 Å². The van der Waals surface area contributed by atoms with E-state index >= 15 is 0 Å². The van der Waals surface area contributed by atoms with Crippen LogP contribution in [0.1, 0.15) is 0 Å². The van der Waals surface area contributed by atoms with E-state index in [2.05, 4.69) is 174 Å². The summed E-state index contributed by atoms with van der Waals surface area (Å²) in [6.45, 7) is 0. The summed E-state index contributed by atoms with van der Waals surface area (Å²) in [7, 11) is 0. The minimum Gasteiger partial charge on any atom is -0.456 e. The maximum absolute atomic E-state index is 6.61. The maximum Gasteiger partial charge on any atom is 0.164 e. The first-order valence-corrected chi connectivity index (χ1v) is 21.5. The number of fused-ring (bicyclic) bond motifs is 9. The zero-order valence-corrected chi connectivity index (χ0v) is 34.4. The van der Waals surface area contributed by atoms with Gasteiger partial charge in [-0.05, 0) is 60.2 Å². The van der Waals surface area contributed by atoms with Crippen LogP contribution in [0.4, 0.5) is 0 Å². The Kier molecular flexibility index (Phi) is 8.11. The van der Waals surface area contributed by atoms with Gasteiger partial charge in [0.15, 0.2) is 17.5 Å². The number of aromatic nitrogens is 5. The van der Waals surface area contributed by atoms with Crippen molar-refractivity contribution in [3.8, 4) is 62.2 Å². The SMILES string of the molecule is c1ccc(-c2nc(-c3ccc(-c4nc5ccccc5c5c(-c6ccccc6)c6c(cc45)oc4ccccc46)cc3)nc(-c3ccc(-n4c5ccccc5c5ccccc54)cc3)n2)cc1. The smallest absolute Gasteiger partial charge is 0.164 e. The Hall–Kier alpha value is -8.74. The molecule has 6 nitrogen and oxygen atoms in total. The van der Waals surface area contributed by atoms with Crippen LogP contribution in [0.25, 0.3) is 128 Å². The van der Waals surface area contributed by atoms with Gasteiger partial charge in [0.05, 0.1) is 22.2 Å². The number of pyridine rings is 1. The van der Waals surface area contributed by atoms with Gasteiger partial charge in [-0.2, -0.15) is 0 Å². The standard InChI is InChI=1S/C58H35N5O/c1-3-15-36(16-4-1)52-53-44-21-7-11-23-47(44)59-55(46(53)35-51-54(52)45-22-10-14-26-50(45)64-51)37-27-29-39(30-28-37)57-60-56(38-17-5-2-6-18-38)61-58(62-57)40-31-33-41(34-32-40)63-48-24-12-8-19-42(48)43-20-9-13-25-49(43)63/h1-35H. The molecule has 0 aliphatic carbocycles. The predicted octanol–water partition coefficient (Wildman–Crippen LogP) is 14.9. The van der Waals surface area contributed by atoms with Gasteiger partial charge in [0, 0.05) is 71.2 Å². The maximum atomic E-state index is 6.61. The van der Waals surface area contributed by atoms with Crippen LogP contribution in [0, 0.1) is 0 Å². The van der Waals surface area contributed by atoms with E-state index in [1.54, 1.807) is 0 Å². The largest absolute Gasteiger partial charge is 0.456 e. The van der Waals surface area contributed by atoms with Crippen molar-refractivity contribution in [1.82, 2.24) is 24.5 Å². The summed E-state index contributed by atoms with van der Waals surface area (Å²) in [5, 5.41) is 7.92. The van der Waals surface area contributed by atoms with Gasteiger partial charge in [-0.3, -0.25) is 0 Å². The van der Waals surface area contributed by atoms with Crippen molar-refractivity contribution in [3.05, 3.63) is 212 Å². The van der Waals surface area contributed by atoms with Crippen LogP contribution in [0.2, 0.25) is 0 Å². The average Bonchev–Trinajstić information content (AvgIpc) is 3.91. The highest BCUT2D eigenvalue weighted by atomic mass is 16.3. The molecule has 4 heterocycles. The second kappa shape index (κ2) is 14.4. The molecule has 13 aromatic rings. The molecule has 0 spiro atoms. The highest BCUT2D eigenvalue weighted by molar-refractivity contribution is 6.27. The van der Waals surface area contributed by atoms with Crippen LogP contribution in [-0.2, 0) is 0 Å². The van der Waals surface area contributed by atoms with Crippen LogP contribution in [0.15, 0.2) is 217 Å². The van der Waals surface area contributed by atoms with E-state index < -0.39 is 0 Å². The normalized spacial score (nSPS) is 11.8. The van der Waals surface area contributed by atoms with Crippen LogP contribution in [0.3, 0.4) is 0 Å². The molecule has 0 fully saturated rings. The first-order valence-electron chi connectivity index (χ1n) is 21.5. The lowest BCUT2D eigenvalue weighted by atomic mass is 9.89. The molecule has 9 aromatic carbocycles. The van der Waals surface area contributed by atoms with Crippen molar-refractivity contribution in [3.63, 3.8) is 0 Å². The van der Waals surface area contributed by atoms with Crippen LogP contribution in [0.5, 0.6) is 0 Å². The molecule has 0 radical (unpaired) electrons. The zero-order valence-electron chi connectivity index (χ0n) is 34.4. The van der Waals surface area contributed by atoms with Gasteiger partial charge < -0.3 is 8.98 Å². The number of furan rings is 1. The van der Waals surface area contributed by atoms with E-state index in [0.29, 0.717) is 17.5 Å². The lowest BCUT2D eigenvalue weighted by Gasteiger charge is -2.16. The van der Waals surface area contributed by atoms with E-state index in [-0.39, 0.29) is 0 Å². The lowest BCUT2D eigenvalue weighted by molar-refractivity contribution is 0.669. The fourth-order valence-electron chi connectivity index (χ4n) is 9.52. The second-order valence-corrected chi connectivity index (χ2v) is 16.2. The Morgan fingerprint density at radius 3 is 1.45 bits per heavy atom. The fourth-order valence-corrected chi connectivity index (χ4v) is 9.52. The van der Waals surface area contributed by atoms with Gasteiger partial charge in [0.2, 0.25) is 0 Å². The Balaban J connectivity index is 0.953. The number of hydrogen-bond acceptors (Lipinski definition) is 5. The van der Waals surface area contributed by atoms with Crippen molar-refractivity contribution in [2.24, 2.45) is 0 Å². The Morgan fingerprint density at radius 2 is 0.812 bits per heavy atom. The molecule has 4 aromatic heterocycles. The van der Waals surface area contributed by atoms with Crippen molar-refractivity contribution >= 4 is 65.4 Å². The number of benzene rings is 9. The monoisotopic (exact) mass is 817 g/mol. The topological polar surface area (TPSA) is 69.6 Å². The highest BCUT2D eigenvalue weighted by Crippen LogP contribution is 2.46. The fraction of sp³-hybridized carbons (Fsp3) is 0. The Labute approximate surface area is 367 Å². The molecule has 0 saturated carbocycles. The predicted molar refractivity (Wildman–Crippen MR) is 261 cm³/mol. The molecule has 0 bridgehead atoms. The quantitative estimate of drug-likeness (QED) is 0.156. The summed E-state index contributed by atoms with van der Waals surface area (Å²) in [4.78, 5) is 20.6. The third kappa shape index (κ3) is 5.73. The molecule has 64 heavy (non-hydrogen) atoms. The second-order valence-electron chi connectivity index (χ2n) is 16.2. The van der Waals surface area contributed by atoms with E-state index in [1.807, 2.05) is 42.5 Å². The summed E-state index contributed by atoms with van der Waals surface area (Å²) in [5.74, 6) is 1.81. The molecule has 0 aliphatic rings. The van der Waals surface area contributed by atoms with Crippen molar-refractivity contribution in [1.29, 1.82) is 0 Å². The molecule has 298 valence electrons. The van der Waals surface area contributed by atoms with E-state index in [0.717, 1.165) is 88.4 Å². The molecule has 0 atom stereocenters. The molecule has 0 aliphatic heterocycles. The van der Waals surface area contributed by atoms with Crippen molar-refractivity contribution < 1.29 is 4.42 Å². The van der Waals surface area contributed by atoms with Gasteiger partial charge >= 0.3 is 0 Å². The molecular weight excluding hydrogens is 783 g/mol. The molecule has 6 heteroatoms. The molecule has 0 N–H and O–H groups in total. The summed E-state index contributed by atoms with van der Waals surface area (Å²) in [6, 6.07) is 73.7. The van der Waals surface area contributed by atoms with Gasteiger partial charge in [0.25, 0.3) is 0 Å². The average molecular weight is 818 g/mol. The van der Waals surface area contributed by atoms with Crippen LogP contribution < -0.4 is 0 Å². The van der Waals surface area contributed by atoms with E-state index in [4.69, 9.17) is 24.4 Å². The zero-order chi connectivity index (χ0) is 42.1. The molecule has 0 amide bonds. The Morgan fingerprint density at radius 1 is 0.328 bits per heavy atom. The van der Waals surface area contributed by atoms with Crippen LogP contribution in [-0.4, -0.2) is 24.5 Å². The number of nitrogens with zero attached hydrogens (tertiary/aromatic N) is 5. The number of para-hydroxylation sites is 4. The lowest BCUT2D eigenvalue weighted by Crippen LogP contribution is -2.00. The first-order chi connectivity index (χ1) is 31.7. The van der Waals surface area contributed by atoms with Crippen molar-refractivity contribution in [2.75, 3.05) is 0 Å². The summed E-state index contributed by atoms with van der Waals surface area (Å²) >= 11 is 0. The number of rotatable bonds is 6. The highest BCUT2D eigenvalue weighted by Gasteiger charge is 2.22. The first kappa shape index (κ1) is 36.0. The molecule has 0 unspecified atom stereocenters. The summed E-state index contributed by atoms with van der Waals surface area (Å²) in [6.07, 6.45) is 0. The van der Waals surface area contributed by atoms with Crippen molar-refractivity contribution in [2.45, 2.75) is 0 Å². The molecular formula is C58H35N5O. The van der Waals surface area contributed by atoms with E-state index in [9.17, 15) is 0 Å². The summed E-state index contributed by atoms with van der Waals surface area (Å²) < 4.78 is 8.92. The minimum absolute atomic E-state index is 0.591. The minimum atomic E-state index is 0.591. The van der Waals surface area contributed by atoms with E-state index in [1.165, 1.54) is 21.8 Å². The molecule has 0 saturated heterocycles. The van der Waals surface area contributed by atoms with Crippen LogP contribution >= 0.6 is 0 Å². The summed E-state index contributed by atoms with van der Waals surface area (Å²) in [5.41, 5.74) is 12.8. The van der Waals surface area contributed by atoms with Gasteiger partial charge in [0.1, 0.15) is 11.2 Å². The Bertz CT molecular complexity index is 3880. The third-order valence-electron chi connectivity index (χ3n) is 12.4. The number of hydrogen-bond donors (Lipinski definition) is 0. The van der Waals surface area contributed by atoms with Gasteiger partial charge in [-0.25, -0.2) is 19.9 Å². The molecule has 13 rings (SSSR count).